The van der Waals surface area contributed by atoms with Gasteiger partial charge in [-0.2, -0.15) is 0 Å². The summed E-state index contributed by atoms with van der Waals surface area (Å²) >= 11 is 1.71. The smallest absolute Gasteiger partial charge is 0.255 e. The van der Waals surface area contributed by atoms with Crippen LogP contribution in [0.25, 0.3) is 11.3 Å². The molecular formula is C23H22N2OS. The van der Waals surface area contributed by atoms with E-state index < -0.39 is 0 Å². The summed E-state index contributed by atoms with van der Waals surface area (Å²) in [5, 5.41) is 0. The molecule has 0 atom stereocenters. The van der Waals surface area contributed by atoms with Crippen LogP contribution in [0.2, 0.25) is 0 Å². The van der Waals surface area contributed by atoms with Gasteiger partial charge in [-0.3, -0.25) is 4.79 Å². The van der Waals surface area contributed by atoms with Crippen LogP contribution in [0.15, 0.2) is 64.3 Å². The lowest BCUT2D eigenvalue weighted by molar-refractivity contribution is 0.426. The molecule has 3 aromatic rings. The molecule has 1 aromatic heterocycles. The fraction of sp³-hybridized carbons (Fsp3) is 0.304. The number of benzene rings is 2. The van der Waals surface area contributed by atoms with Crippen molar-refractivity contribution in [3.05, 3.63) is 81.9 Å². The number of nitrogens with one attached hydrogen (secondary N) is 1. The molecule has 0 saturated heterocycles. The summed E-state index contributed by atoms with van der Waals surface area (Å²) in [6.07, 6.45) is 5.56. The first-order chi connectivity index (χ1) is 13.3. The van der Waals surface area contributed by atoms with Gasteiger partial charge in [0.2, 0.25) is 0 Å². The van der Waals surface area contributed by atoms with E-state index >= 15 is 0 Å². The number of hydrogen-bond acceptors (Lipinski definition) is 3. The Morgan fingerprint density at radius 1 is 1.00 bits per heavy atom. The van der Waals surface area contributed by atoms with Crippen molar-refractivity contribution >= 4 is 11.8 Å². The third-order valence-corrected chi connectivity index (χ3v) is 7.00. The van der Waals surface area contributed by atoms with E-state index in [0.29, 0.717) is 5.75 Å². The average Bonchev–Trinajstić information content (AvgIpc) is 3.15. The van der Waals surface area contributed by atoms with Crippen LogP contribution < -0.4 is 5.56 Å². The molecule has 4 heteroatoms. The number of nitrogens with zero attached hydrogens (tertiary/aromatic N) is 1. The first kappa shape index (κ1) is 16.8. The molecule has 2 aromatic carbocycles. The molecule has 2 aliphatic carbocycles. The van der Waals surface area contributed by atoms with Gasteiger partial charge in [-0.15, -0.1) is 11.8 Å². The van der Waals surface area contributed by atoms with Crippen molar-refractivity contribution in [2.75, 3.05) is 0 Å². The molecule has 2 aliphatic rings. The Labute approximate surface area is 163 Å². The maximum Gasteiger partial charge on any atom is 0.255 e. The highest BCUT2D eigenvalue weighted by atomic mass is 32.2. The van der Waals surface area contributed by atoms with E-state index in [4.69, 9.17) is 4.98 Å². The number of aromatic amines is 1. The van der Waals surface area contributed by atoms with Crippen LogP contribution in [-0.2, 0) is 17.6 Å². The van der Waals surface area contributed by atoms with E-state index in [1.54, 1.807) is 11.8 Å². The molecule has 1 N–H and O–H groups in total. The van der Waals surface area contributed by atoms with Gasteiger partial charge < -0.3 is 4.98 Å². The van der Waals surface area contributed by atoms with E-state index in [2.05, 4.69) is 41.4 Å². The SMILES string of the molecule is O=c1[nH]c(CSc2ccccc2)nc2c1C1(CCCC1)Cc1ccccc1-2. The van der Waals surface area contributed by atoms with Gasteiger partial charge in [0, 0.05) is 15.9 Å². The van der Waals surface area contributed by atoms with Gasteiger partial charge in [-0.05, 0) is 37.0 Å². The zero-order valence-electron chi connectivity index (χ0n) is 15.2. The van der Waals surface area contributed by atoms with Crippen LogP contribution in [0.5, 0.6) is 0 Å². The lowest BCUT2D eigenvalue weighted by atomic mass is 9.68. The summed E-state index contributed by atoms with van der Waals surface area (Å²) < 4.78 is 0. The largest absolute Gasteiger partial charge is 0.310 e. The molecule has 27 heavy (non-hydrogen) atoms. The fourth-order valence-electron chi connectivity index (χ4n) is 4.78. The molecule has 136 valence electrons. The lowest BCUT2D eigenvalue weighted by Crippen LogP contribution is -2.37. The first-order valence-electron chi connectivity index (χ1n) is 9.65. The minimum absolute atomic E-state index is 0.0185. The van der Waals surface area contributed by atoms with Gasteiger partial charge in [0.1, 0.15) is 5.82 Å². The van der Waals surface area contributed by atoms with E-state index in [1.165, 1.54) is 23.3 Å². The summed E-state index contributed by atoms with van der Waals surface area (Å²) in [5.74, 6) is 1.43. The van der Waals surface area contributed by atoms with Gasteiger partial charge in [-0.25, -0.2) is 4.98 Å². The summed E-state index contributed by atoms with van der Waals surface area (Å²) in [6.45, 7) is 0. The molecule has 0 radical (unpaired) electrons. The van der Waals surface area contributed by atoms with E-state index in [-0.39, 0.29) is 11.0 Å². The minimum Gasteiger partial charge on any atom is -0.310 e. The normalized spacial score (nSPS) is 16.9. The predicted octanol–water partition coefficient (Wildman–Crippen LogP) is 5.10. The standard InChI is InChI=1S/C23H22N2OS/c26-22-20-21(24-19(25-22)15-27-17-9-2-1-3-10-17)18-11-5-4-8-16(18)14-23(20)12-6-7-13-23/h1-5,8-11H,6-7,12-15H2,(H,24,25,26). The molecular weight excluding hydrogens is 352 g/mol. The Balaban J connectivity index is 1.59. The lowest BCUT2D eigenvalue weighted by Gasteiger charge is -2.35. The second kappa shape index (κ2) is 6.68. The summed E-state index contributed by atoms with van der Waals surface area (Å²) in [6, 6.07) is 18.7. The quantitative estimate of drug-likeness (QED) is 0.649. The van der Waals surface area contributed by atoms with Crippen molar-refractivity contribution in [1.82, 2.24) is 9.97 Å². The second-order valence-electron chi connectivity index (χ2n) is 7.66. The minimum atomic E-state index is -0.0185. The van der Waals surface area contributed by atoms with E-state index in [1.807, 2.05) is 18.2 Å². The number of H-pyrrole nitrogens is 1. The van der Waals surface area contributed by atoms with Crippen molar-refractivity contribution in [3.63, 3.8) is 0 Å². The monoisotopic (exact) mass is 374 g/mol. The zero-order chi connectivity index (χ0) is 18.3. The van der Waals surface area contributed by atoms with Crippen LogP contribution in [0, 0.1) is 0 Å². The van der Waals surface area contributed by atoms with E-state index in [9.17, 15) is 4.79 Å². The average molecular weight is 375 g/mol. The number of aromatic nitrogens is 2. The van der Waals surface area contributed by atoms with Crippen LogP contribution in [-0.4, -0.2) is 9.97 Å². The summed E-state index contributed by atoms with van der Waals surface area (Å²) in [7, 11) is 0. The third kappa shape index (κ3) is 2.92. The molecule has 0 unspecified atom stereocenters. The van der Waals surface area contributed by atoms with Gasteiger partial charge >= 0.3 is 0 Å². The van der Waals surface area contributed by atoms with Crippen LogP contribution in [0.3, 0.4) is 0 Å². The summed E-state index contributed by atoms with van der Waals surface area (Å²) in [4.78, 5) is 22.4. The Morgan fingerprint density at radius 3 is 2.56 bits per heavy atom. The van der Waals surface area contributed by atoms with Crippen molar-refractivity contribution in [2.45, 2.75) is 48.2 Å². The van der Waals surface area contributed by atoms with Gasteiger partial charge in [0.25, 0.3) is 5.56 Å². The predicted molar refractivity (Wildman–Crippen MR) is 110 cm³/mol. The number of rotatable bonds is 3. The second-order valence-corrected chi connectivity index (χ2v) is 8.71. The molecule has 0 bridgehead atoms. The first-order valence-corrected chi connectivity index (χ1v) is 10.6. The van der Waals surface area contributed by atoms with Gasteiger partial charge in [-0.1, -0.05) is 55.3 Å². The Kier molecular flexibility index (Phi) is 4.16. The van der Waals surface area contributed by atoms with Gasteiger partial charge in [0.05, 0.1) is 17.0 Å². The van der Waals surface area contributed by atoms with Crippen molar-refractivity contribution in [1.29, 1.82) is 0 Å². The van der Waals surface area contributed by atoms with Gasteiger partial charge in [0.15, 0.2) is 0 Å². The molecule has 0 aliphatic heterocycles. The Bertz CT molecular complexity index is 1040. The van der Waals surface area contributed by atoms with E-state index in [0.717, 1.165) is 41.9 Å². The molecule has 1 spiro atoms. The highest BCUT2D eigenvalue weighted by molar-refractivity contribution is 7.98. The molecule has 3 nitrogen and oxygen atoms in total. The van der Waals surface area contributed by atoms with Crippen LogP contribution >= 0.6 is 11.8 Å². The molecule has 1 fully saturated rings. The van der Waals surface area contributed by atoms with Crippen LogP contribution in [0.4, 0.5) is 0 Å². The Morgan fingerprint density at radius 2 is 1.74 bits per heavy atom. The van der Waals surface area contributed by atoms with Crippen molar-refractivity contribution in [3.8, 4) is 11.3 Å². The van der Waals surface area contributed by atoms with Crippen LogP contribution in [0.1, 0.15) is 42.6 Å². The Hall–Kier alpha value is -2.33. The highest BCUT2D eigenvalue weighted by Crippen LogP contribution is 2.49. The molecule has 1 heterocycles. The number of thioether (sulfide) groups is 1. The topological polar surface area (TPSA) is 45.8 Å². The molecule has 0 amide bonds. The van der Waals surface area contributed by atoms with Crippen molar-refractivity contribution < 1.29 is 0 Å². The maximum absolute atomic E-state index is 13.2. The highest BCUT2D eigenvalue weighted by Gasteiger charge is 2.43. The third-order valence-electron chi connectivity index (χ3n) is 5.98. The number of hydrogen-bond donors (Lipinski definition) is 1. The molecule has 5 rings (SSSR count). The summed E-state index contributed by atoms with van der Waals surface area (Å²) in [5.41, 5.74) is 4.39. The fourth-order valence-corrected chi connectivity index (χ4v) is 5.57. The maximum atomic E-state index is 13.2. The van der Waals surface area contributed by atoms with Crippen molar-refractivity contribution in [2.24, 2.45) is 0 Å². The number of fused-ring (bicyclic) bond motifs is 4. The molecule has 1 saturated carbocycles. The zero-order valence-corrected chi connectivity index (χ0v) is 16.0.